The molecular weight excluding hydrogens is 335 g/mol. The number of carbonyl (C=O) groups excluding carboxylic acids is 3. The van der Waals surface area contributed by atoms with E-state index in [0.29, 0.717) is 0 Å². The summed E-state index contributed by atoms with van der Waals surface area (Å²) < 4.78 is 41.1. The molecule has 0 spiro atoms. The van der Waals surface area contributed by atoms with E-state index in [4.69, 9.17) is 10.2 Å². The standard InChI is InChI=1S/C14H12F3NO6/c15-14(16,17)13(22,23)7-10(19)24-6-5-18-11(20)8-3-1-2-4-9(8)12(18)21/h1-4,22-23H,5-7H2. The summed E-state index contributed by atoms with van der Waals surface area (Å²) in [5, 5.41) is 17.5. The van der Waals surface area contributed by atoms with Crippen molar-refractivity contribution in [1.82, 2.24) is 4.90 Å². The molecule has 1 aromatic rings. The van der Waals surface area contributed by atoms with Gasteiger partial charge in [-0.15, -0.1) is 0 Å². The lowest BCUT2D eigenvalue weighted by Gasteiger charge is -2.23. The molecule has 10 heteroatoms. The van der Waals surface area contributed by atoms with E-state index >= 15 is 0 Å². The van der Waals surface area contributed by atoms with Crippen LogP contribution in [0.25, 0.3) is 0 Å². The molecule has 0 fully saturated rings. The number of amides is 2. The molecule has 0 radical (unpaired) electrons. The van der Waals surface area contributed by atoms with E-state index in [1.54, 1.807) is 12.1 Å². The van der Waals surface area contributed by atoms with E-state index in [2.05, 4.69) is 4.74 Å². The number of benzene rings is 1. The molecule has 1 aliphatic rings. The number of imide groups is 1. The monoisotopic (exact) mass is 347 g/mol. The lowest BCUT2D eigenvalue weighted by atomic mass is 10.1. The van der Waals surface area contributed by atoms with Crippen molar-refractivity contribution in [3.05, 3.63) is 35.4 Å². The number of ether oxygens (including phenoxy) is 1. The van der Waals surface area contributed by atoms with Gasteiger partial charge in [-0.3, -0.25) is 19.3 Å². The van der Waals surface area contributed by atoms with Crippen molar-refractivity contribution < 1.29 is 42.5 Å². The Labute approximate surface area is 133 Å². The molecule has 0 unspecified atom stereocenters. The van der Waals surface area contributed by atoms with Crippen LogP contribution in [-0.4, -0.2) is 58.0 Å². The summed E-state index contributed by atoms with van der Waals surface area (Å²) in [6.07, 6.45) is -7.15. The first-order valence-corrected chi connectivity index (χ1v) is 6.67. The largest absolute Gasteiger partial charge is 0.464 e. The highest BCUT2D eigenvalue weighted by molar-refractivity contribution is 6.21. The predicted octanol–water partition coefficient (Wildman–Crippen LogP) is 0.459. The number of fused-ring (bicyclic) bond motifs is 1. The molecular formula is C14H12F3NO6. The van der Waals surface area contributed by atoms with Gasteiger partial charge in [0.25, 0.3) is 17.6 Å². The van der Waals surface area contributed by atoms with E-state index in [1.165, 1.54) is 12.1 Å². The van der Waals surface area contributed by atoms with Gasteiger partial charge in [0.15, 0.2) is 0 Å². The summed E-state index contributed by atoms with van der Waals surface area (Å²) in [6.45, 7) is -0.938. The fourth-order valence-corrected chi connectivity index (χ4v) is 2.05. The van der Waals surface area contributed by atoms with Crippen LogP contribution in [0.1, 0.15) is 27.1 Å². The van der Waals surface area contributed by atoms with Gasteiger partial charge in [-0.25, -0.2) is 0 Å². The minimum atomic E-state index is -5.42. The number of hydrogen-bond acceptors (Lipinski definition) is 6. The first kappa shape index (κ1) is 17.9. The van der Waals surface area contributed by atoms with Crippen molar-refractivity contribution >= 4 is 17.8 Å². The van der Waals surface area contributed by atoms with Crippen molar-refractivity contribution in [1.29, 1.82) is 0 Å². The molecule has 1 aliphatic heterocycles. The highest BCUT2D eigenvalue weighted by atomic mass is 19.4. The number of carbonyl (C=O) groups is 3. The van der Waals surface area contributed by atoms with Crippen LogP contribution in [-0.2, 0) is 9.53 Å². The van der Waals surface area contributed by atoms with Gasteiger partial charge in [0.1, 0.15) is 13.0 Å². The zero-order valence-corrected chi connectivity index (χ0v) is 12.0. The normalized spacial score (nSPS) is 14.8. The Balaban J connectivity index is 1.89. The molecule has 2 amide bonds. The van der Waals surface area contributed by atoms with Gasteiger partial charge in [-0.1, -0.05) is 12.1 Å². The topological polar surface area (TPSA) is 104 Å². The zero-order valence-electron chi connectivity index (χ0n) is 12.0. The van der Waals surface area contributed by atoms with Crippen molar-refractivity contribution in [3.8, 4) is 0 Å². The Morgan fingerprint density at radius 2 is 1.58 bits per heavy atom. The Kier molecular flexibility index (Phi) is 4.63. The van der Waals surface area contributed by atoms with Gasteiger partial charge in [0.2, 0.25) is 0 Å². The third kappa shape index (κ3) is 3.39. The number of hydrogen-bond donors (Lipinski definition) is 2. The van der Waals surface area contributed by atoms with Crippen LogP contribution in [0, 0.1) is 0 Å². The molecule has 1 aromatic carbocycles. The number of halogens is 3. The van der Waals surface area contributed by atoms with E-state index in [0.717, 1.165) is 4.90 Å². The molecule has 0 bridgehead atoms. The number of alkyl halides is 3. The second-order valence-electron chi connectivity index (χ2n) is 5.02. The average molecular weight is 347 g/mol. The lowest BCUT2D eigenvalue weighted by molar-refractivity contribution is -0.348. The maximum Gasteiger partial charge on any atom is 0.443 e. The molecule has 0 atom stereocenters. The Bertz CT molecular complexity index is 650. The third-order valence-electron chi connectivity index (χ3n) is 3.30. The zero-order chi connectivity index (χ0) is 18.1. The Hall–Kier alpha value is -2.46. The van der Waals surface area contributed by atoms with Gasteiger partial charge in [-0.2, -0.15) is 13.2 Å². The van der Waals surface area contributed by atoms with Gasteiger partial charge in [0, 0.05) is 0 Å². The van der Waals surface area contributed by atoms with Crippen molar-refractivity contribution in [2.24, 2.45) is 0 Å². The highest BCUT2D eigenvalue weighted by Gasteiger charge is 2.54. The molecule has 130 valence electrons. The molecule has 0 saturated heterocycles. The summed E-state index contributed by atoms with van der Waals surface area (Å²) in [7, 11) is 0. The van der Waals surface area contributed by atoms with Gasteiger partial charge in [0.05, 0.1) is 17.7 Å². The van der Waals surface area contributed by atoms with Gasteiger partial charge < -0.3 is 14.9 Å². The van der Waals surface area contributed by atoms with Crippen molar-refractivity contribution in [3.63, 3.8) is 0 Å². The minimum absolute atomic E-state index is 0.177. The van der Waals surface area contributed by atoms with Crippen molar-refractivity contribution in [2.45, 2.75) is 18.4 Å². The smallest absolute Gasteiger partial charge is 0.443 e. The molecule has 24 heavy (non-hydrogen) atoms. The quantitative estimate of drug-likeness (QED) is 0.456. The van der Waals surface area contributed by atoms with Crippen LogP contribution in [0.15, 0.2) is 24.3 Å². The van der Waals surface area contributed by atoms with Crippen LogP contribution >= 0.6 is 0 Å². The molecule has 2 rings (SSSR count). The van der Waals surface area contributed by atoms with Crippen LogP contribution < -0.4 is 0 Å². The average Bonchev–Trinajstić information content (AvgIpc) is 2.71. The van der Waals surface area contributed by atoms with E-state index in [-0.39, 0.29) is 17.7 Å². The number of rotatable bonds is 5. The summed E-state index contributed by atoms with van der Waals surface area (Å²) in [5.41, 5.74) is 0.353. The van der Waals surface area contributed by atoms with E-state index in [9.17, 15) is 27.6 Å². The molecule has 7 nitrogen and oxygen atoms in total. The van der Waals surface area contributed by atoms with Gasteiger partial charge >= 0.3 is 12.1 Å². The summed E-state index contributed by atoms with van der Waals surface area (Å²) in [5.74, 6) is -6.96. The van der Waals surface area contributed by atoms with Crippen molar-refractivity contribution in [2.75, 3.05) is 13.2 Å². The van der Waals surface area contributed by atoms with Crippen LogP contribution in [0.4, 0.5) is 13.2 Å². The second kappa shape index (κ2) is 6.21. The summed E-state index contributed by atoms with van der Waals surface area (Å²) in [6, 6.07) is 6.01. The molecule has 1 heterocycles. The van der Waals surface area contributed by atoms with Gasteiger partial charge in [-0.05, 0) is 12.1 Å². The van der Waals surface area contributed by atoms with E-state index in [1.807, 2.05) is 0 Å². The number of nitrogens with zero attached hydrogens (tertiary/aromatic N) is 1. The fraction of sp³-hybridized carbons (Fsp3) is 0.357. The number of esters is 1. The maximum atomic E-state index is 12.2. The maximum absolute atomic E-state index is 12.2. The second-order valence-corrected chi connectivity index (χ2v) is 5.02. The molecule has 0 aromatic heterocycles. The highest BCUT2D eigenvalue weighted by Crippen LogP contribution is 2.30. The molecule has 0 saturated carbocycles. The fourth-order valence-electron chi connectivity index (χ4n) is 2.05. The van der Waals surface area contributed by atoms with E-state index < -0.39 is 42.8 Å². The lowest BCUT2D eigenvalue weighted by Crippen LogP contribution is -2.47. The third-order valence-corrected chi connectivity index (χ3v) is 3.30. The van der Waals surface area contributed by atoms with Crippen LogP contribution in [0.3, 0.4) is 0 Å². The SMILES string of the molecule is O=C(CC(O)(O)C(F)(F)F)OCCN1C(=O)c2ccccc2C1=O. The Morgan fingerprint density at radius 1 is 1.08 bits per heavy atom. The summed E-state index contributed by atoms with van der Waals surface area (Å²) in [4.78, 5) is 36.0. The number of aliphatic hydroxyl groups is 2. The summed E-state index contributed by atoms with van der Waals surface area (Å²) >= 11 is 0. The molecule has 0 aliphatic carbocycles. The molecule has 2 N–H and O–H groups in total. The predicted molar refractivity (Wildman–Crippen MR) is 70.6 cm³/mol. The first-order chi connectivity index (χ1) is 11.0. The Morgan fingerprint density at radius 3 is 2.04 bits per heavy atom. The minimum Gasteiger partial charge on any atom is -0.464 e. The van der Waals surface area contributed by atoms with Crippen LogP contribution in [0.5, 0.6) is 0 Å². The first-order valence-electron chi connectivity index (χ1n) is 6.67. The van der Waals surface area contributed by atoms with Crippen LogP contribution in [0.2, 0.25) is 0 Å².